The molecule has 0 aromatic heterocycles. The molecule has 3 rings (SSSR count). The summed E-state index contributed by atoms with van der Waals surface area (Å²) in [6.07, 6.45) is 2.91. The Morgan fingerprint density at radius 2 is 1.63 bits per heavy atom. The van der Waals surface area contributed by atoms with Crippen molar-refractivity contribution in [1.29, 1.82) is 5.26 Å². The minimum atomic E-state index is -0.699. The minimum Gasteiger partial charge on any atom is -0.490 e. The molecule has 0 amide bonds. The predicted octanol–water partition coefficient (Wildman–Crippen LogP) is 5.56. The molecule has 178 valence electrons. The van der Waals surface area contributed by atoms with Gasteiger partial charge < -0.3 is 14.2 Å². The van der Waals surface area contributed by atoms with Gasteiger partial charge in [-0.05, 0) is 67.7 Å². The van der Waals surface area contributed by atoms with Gasteiger partial charge in [-0.3, -0.25) is 0 Å². The summed E-state index contributed by atoms with van der Waals surface area (Å²) in [4.78, 5) is 25.0. The molecule has 3 aromatic carbocycles. The van der Waals surface area contributed by atoms with Crippen LogP contribution in [-0.4, -0.2) is 25.2 Å². The largest absolute Gasteiger partial charge is 0.490 e. The quantitative estimate of drug-likeness (QED) is 0.167. The first-order valence-corrected chi connectivity index (χ1v) is 11.5. The van der Waals surface area contributed by atoms with E-state index in [4.69, 9.17) is 14.2 Å². The number of nitriles is 1. The number of aryl methyl sites for hydroxylation is 2. The molecule has 0 bridgehead atoms. The number of carbonyl (C=O) groups is 2. The monoisotopic (exact) mass is 469 g/mol. The van der Waals surface area contributed by atoms with Crippen molar-refractivity contribution < 1.29 is 23.8 Å². The van der Waals surface area contributed by atoms with Gasteiger partial charge in [-0.25, -0.2) is 9.59 Å². The highest BCUT2D eigenvalue weighted by molar-refractivity contribution is 5.98. The molecule has 0 spiro atoms. The van der Waals surface area contributed by atoms with Crippen LogP contribution in [0.4, 0.5) is 0 Å². The number of esters is 2. The van der Waals surface area contributed by atoms with Gasteiger partial charge in [-0.1, -0.05) is 54.6 Å². The van der Waals surface area contributed by atoms with E-state index in [0.717, 1.165) is 12.0 Å². The number of carbonyl (C=O) groups excluding carboxylic acids is 2. The first kappa shape index (κ1) is 25.3. The van der Waals surface area contributed by atoms with Crippen LogP contribution in [0.3, 0.4) is 0 Å². The van der Waals surface area contributed by atoms with Gasteiger partial charge in [0, 0.05) is 0 Å². The van der Waals surface area contributed by atoms with Crippen LogP contribution in [0, 0.1) is 11.3 Å². The SMILES string of the molecule is CCOC(=O)/C(C#N)=C\c1ccc(OC(=O)c2ccccc2CCc2ccccc2)c(OCC)c1. The lowest BCUT2D eigenvalue weighted by molar-refractivity contribution is -0.137. The number of nitrogens with zero attached hydrogens (tertiary/aromatic N) is 1. The lowest BCUT2D eigenvalue weighted by Gasteiger charge is -2.13. The summed E-state index contributed by atoms with van der Waals surface area (Å²) >= 11 is 0. The van der Waals surface area contributed by atoms with E-state index in [9.17, 15) is 14.9 Å². The molecule has 0 heterocycles. The molecule has 0 aliphatic carbocycles. The summed E-state index contributed by atoms with van der Waals surface area (Å²) in [5.74, 6) is -0.600. The van der Waals surface area contributed by atoms with Gasteiger partial charge in [0.2, 0.25) is 0 Å². The molecular formula is C29H27NO5. The van der Waals surface area contributed by atoms with Crippen molar-refractivity contribution in [2.45, 2.75) is 26.7 Å². The molecule has 0 N–H and O–H groups in total. The molecule has 0 radical (unpaired) electrons. The third kappa shape index (κ3) is 7.05. The Morgan fingerprint density at radius 1 is 0.886 bits per heavy atom. The van der Waals surface area contributed by atoms with E-state index < -0.39 is 11.9 Å². The molecular weight excluding hydrogens is 442 g/mol. The van der Waals surface area contributed by atoms with Crippen LogP contribution < -0.4 is 9.47 Å². The van der Waals surface area contributed by atoms with Gasteiger partial charge in [-0.2, -0.15) is 5.26 Å². The summed E-state index contributed by atoms with van der Waals surface area (Å²) < 4.78 is 16.3. The molecule has 3 aromatic rings. The van der Waals surface area contributed by atoms with E-state index in [-0.39, 0.29) is 17.9 Å². The molecule has 0 unspecified atom stereocenters. The van der Waals surface area contributed by atoms with Gasteiger partial charge in [0.25, 0.3) is 0 Å². The number of benzene rings is 3. The van der Waals surface area contributed by atoms with Gasteiger partial charge in [0.15, 0.2) is 11.5 Å². The number of hydrogen-bond acceptors (Lipinski definition) is 6. The lowest BCUT2D eigenvalue weighted by Crippen LogP contribution is -2.13. The molecule has 35 heavy (non-hydrogen) atoms. The average molecular weight is 470 g/mol. The van der Waals surface area contributed by atoms with Crippen LogP contribution >= 0.6 is 0 Å². The molecule has 0 fully saturated rings. The summed E-state index contributed by atoms with van der Waals surface area (Å²) in [5.41, 5.74) is 2.99. The molecule has 0 saturated carbocycles. The maximum Gasteiger partial charge on any atom is 0.348 e. The zero-order valence-corrected chi connectivity index (χ0v) is 19.8. The van der Waals surface area contributed by atoms with Gasteiger partial charge in [0.05, 0.1) is 18.8 Å². The highest BCUT2D eigenvalue weighted by atomic mass is 16.6. The normalized spacial score (nSPS) is 10.8. The second kappa shape index (κ2) is 12.8. The fraction of sp³-hybridized carbons (Fsp3) is 0.207. The zero-order chi connectivity index (χ0) is 25.0. The fourth-order valence-electron chi connectivity index (χ4n) is 3.50. The Kier molecular flexibility index (Phi) is 9.21. The van der Waals surface area contributed by atoms with Crippen molar-refractivity contribution in [3.63, 3.8) is 0 Å². The fourth-order valence-corrected chi connectivity index (χ4v) is 3.50. The Labute approximate surface area is 205 Å². The first-order chi connectivity index (χ1) is 17.0. The maximum atomic E-state index is 13.1. The van der Waals surface area contributed by atoms with Crippen LogP contribution in [0.15, 0.2) is 78.4 Å². The lowest BCUT2D eigenvalue weighted by atomic mass is 10.00. The van der Waals surface area contributed by atoms with Crippen LogP contribution in [0.5, 0.6) is 11.5 Å². The van der Waals surface area contributed by atoms with Crippen LogP contribution in [0.2, 0.25) is 0 Å². The first-order valence-electron chi connectivity index (χ1n) is 11.5. The second-order valence-corrected chi connectivity index (χ2v) is 7.56. The highest BCUT2D eigenvalue weighted by Gasteiger charge is 2.17. The van der Waals surface area contributed by atoms with E-state index in [1.54, 1.807) is 37.3 Å². The van der Waals surface area contributed by atoms with Gasteiger partial charge in [0.1, 0.15) is 11.6 Å². The Morgan fingerprint density at radius 3 is 2.34 bits per heavy atom. The maximum absolute atomic E-state index is 13.1. The summed E-state index contributed by atoms with van der Waals surface area (Å²) in [7, 11) is 0. The molecule has 0 aliphatic rings. The zero-order valence-electron chi connectivity index (χ0n) is 19.8. The number of ether oxygens (including phenoxy) is 3. The Bertz CT molecular complexity index is 1240. The third-order valence-electron chi connectivity index (χ3n) is 5.16. The van der Waals surface area contributed by atoms with Crippen molar-refractivity contribution >= 4 is 18.0 Å². The van der Waals surface area contributed by atoms with Crippen LogP contribution in [0.1, 0.15) is 40.9 Å². The number of rotatable bonds is 10. The topological polar surface area (TPSA) is 85.6 Å². The Hall–Kier alpha value is -4.37. The van der Waals surface area contributed by atoms with Crippen molar-refractivity contribution in [2.75, 3.05) is 13.2 Å². The summed E-state index contributed by atoms with van der Waals surface area (Å²) in [6.45, 7) is 3.99. The van der Waals surface area contributed by atoms with Crippen molar-refractivity contribution in [1.82, 2.24) is 0 Å². The van der Waals surface area contributed by atoms with E-state index >= 15 is 0 Å². The van der Waals surface area contributed by atoms with E-state index in [0.29, 0.717) is 29.9 Å². The number of hydrogen-bond donors (Lipinski definition) is 0. The van der Waals surface area contributed by atoms with E-state index in [2.05, 4.69) is 12.1 Å². The van der Waals surface area contributed by atoms with Gasteiger partial charge >= 0.3 is 11.9 Å². The highest BCUT2D eigenvalue weighted by Crippen LogP contribution is 2.30. The molecule has 0 atom stereocenters. The standard InChI is InChI=1S/C29H27NO5/c1-3-33-27-19-22(18-24(20-30)28(31)34-4-2)15-17-26(27)35-29(32)25-13-9-8-12-23(25)16-14-21-10-6-5-7-11-21/h5-13,15,17-19H,3-4,14,16H2,1-2H3/b24-18-. The Balaban J connectivity index is 1.81. The molecule has 0 saturated heterocycles. The second-order valence-electron chi connectivity index (χ2n) is 7.56. The van der Waals surface area contributed by atoms with E-state index in [1.807, 2.05) is 43.3 Å². The molecule has 6 nitrogen and oxygen atoms in total. The van der Waals surface area contributed by atoms with Crippen molar-refractivity contribution in [3.05, 3.63) is 101 Å². The van der Waals surface area contributed by atoms with Gasteiger partial charge in [-0.15, -0.1) is 0 Å². The van der Waals surface area contributed by atoms with Crippen molar-refractivity contribution in [2.24, 2.45) is 0 Å². The van der Waals surface area contributed by atoms with Crippen LogP contribution in [0.25, 0.3) is 6.08 Å². The predicted molar refractivity (Wildman–Crippen MR) is 133 cm³/mol. The molecule has 0 aliphatic heterocycles. The smallest absolute Gasteiger partial charge is 0.348 e. The molecule has 6 heteroatoms. The van der Waals surface area contributed by atoms with Crippen molar-refractivity contribution in [3.8, 4) is 17.6 Å². The van der Waals surface area contributed by atoms with E-state index in [1.165, 1.54) is 11.6 Å². The summed E-state index contributed by atoms with van der Waals surface area (Å²) in [6, 6.07) is 24.2. The summed E-state index contributed by atoms with van der Waals surface area (Å²) in [5, 5.41) is 9.28. The average Bonchev–Trinajstić information content (AvgIpc) is 2.88. The van der Waals surface area contributed by atoms with Crippen LogP contribution in [-0.2, 0) is 22.4 Å². The minimum absolute atomic E-state index is 0.133. The third-order valence-corrected chi connectivity index (χ3v) is 5.16.